The van der Waals surface area contributed by atoms with E-state index in [0.717, 1.165) is 44.9 Å². The Morgan fingerprint density at radius 2 is 2.10 bits per heavy atom. The van der Waals surface area contributed by atoms with E-state index in [1.807, 2.05) is 23.1 Å². The predicted molar refractivity (Wildman–Crippen MR) is 115 cm³/mol. The summed E-state index contributed by atoms with van der Waals surface area (Å²) >= 11 is 0. The fourth-order valence-electron chi connectivity index (χ4n) is 3.37. The molecule has 3 rings (SSSR count). The standard InChI is InChI=1S/C22H30FN5O/c1-24-22(26-12-5-6-15-29-17-18-8-3-2-4-9-18)27-19-11-14-28(16-19)21-20(23)10-7-13-25-21/h2-4,7-10,13,19H,5-6,11-12,14-17H2,1H3,(H2,24,26,27). The number of rotatable bonds is 9. The van der Waals surface area contributed by atoms with Gasteiger partial charge in [0.15, 0.2) is 17.6 Å². The van der Waals surface area contributed by atoms with Crippen LogP contribution in [0.1, 0.15) is 24.8 Å². The maximum atomic E-state index is 13.9. The third-order valence-corrected chi connectivity index (χ3v) is 4.91. The molecule has 1 aliphatic heterocycles. The molecule has 7 heteroatoms. The van der Waals surface area contributed by atoms with Crippen molar-refractivity contribution in [1.82, 2.24) is 15.6 Å². The highest BCUT2D eigenvalue weighted by atomic mass is 19.1. The average molecular weight is 400 g/mol. The van der Waals surface area contributed by atoms with Gasteiger partial charge in [0.2, 0.25) is 0 Å². The lowest BCUT2D eigenvalue weighted by Gasteiger charge is -2.20. The van der Waals surface area contributed by atoms with E-state index in [4.69, 9.17) is 4.74 Å². The van der Waals surface area contributed by atoms with E-state index < -0.39 is 0 Å². The van der Waals surface area contributed by atoms with Crippen molar-refractivity contribution in [1.29, 1.82) is 0 Å². The van der Waals surface area contributed by atoms with Crippen molar-refractivity contribution < 1.29 is 9.13 Å². The molecule has 2 aromatic rings. The van der Waals surface area contributed by atoms with Gasteiger partial charge in [0.05, 0.1) is 6.61 Å². The third-order valence-electron chi connectivity index (χ3n) is 4.91. The van der Waals surface area contributed by atoms with Crippen molar-refractivity contribution in [3.05, 3.63) is 60.0 Å². The summed E-state index contributed by atoms with van der Waals surface area (Å²) in [5.74, 6) is 0.934. The lowest BCUT2D eigenvalue weighted by atomic mass is 10.2. The Morgan fingerprint density at radius 3 is 2.90 bits per heavy atom. The highest BCUT2D eigenvalue weighted by molar-refractivity contribution is 5.80. The van der Waals surface area contributed by atoms with Gasteiger partial charge in [-0.1, -0.05) is 30.3 Å². The van der Waals surface area contributed by atoms with Gasteiger partial charge in [-0.3, -0.25) is 4.99 Å². The highest BCUT2D eigenvalue weighted by Gasteiger charge is 2.25. The van der Waals surface area contributed by atoms with Gasteiger partial charge in [0.25, 0.3) is 0 Å². The largest absolute Gasteiger partial charge is 0.377 e. The minimum Gasteiger partial charge on any atom is -0.377 e. The van der Waals surface area contributed by atoms with Crippen LogP contribution in [0.5, 0.6) is 0 Å². The number of ether oxygens (including phenoxy) is 1. The lowest BCUT2D eigenvalue weighted by Crippen LogP contribution is -2.45. The van der Waals surface area contributed by atoms with Crippen LogP contribution in [0.25, 0.3) is 0 Å². The molecule has 1 aromatic heterocycles. The normalized spacial score (nSPS) is 16.8. The van der Waals surface area contributed by atoms with Crippen LogP contribution >= 0.6 is 0 Å². The molecular weight excluding hydrogens is 369 g/mol. The summed E-state index contributed by atoms with van der Waals surface area (Å²) in [6.07, 6.45) is 4.55. The molecule has 0 radical (unpaired) electrons. The molecule has 1 unspecified atom stereocenters. The van der Waals surface area contributed by atoms with Crippen molar-refractivity contribution >= 4 is 11.8 Å². The number of pyridine rings is 1. The zero-order chi connectivity index (χ0) is 20.3. The summed E-state index contributed by atoms with van der Waals surface area (Å²) in [7, 11) is 1.77. The van der Waals surface area contributed by atoms with Crippen LogP contribution in [0.2, 0.25) is 0 Å². The minimum atomic E-state index is -0.273. The molecule has 156 valence electrons. The van der Waals surface area contributed by atoms with Crippen LogP contribution < -0.4 is 15.5 Å². The van der Waals surface area contributed by atoms with E-state index in [2.05, 4.69) is 32.7 Å². The quantitative estimate of drug-likeness (QED) is 0.386. The van der Waals surface area contributed by atoms with E-state index in [0.29, 0.717) is 19.0 Å². The molecule has 0 aliphatic carbocycles. The topological polar surface area (TPSA) is 61.8 Å². The third kappa shape index (κ3) is 6.71. The first-order valence-corrected chi connectivity index (χ1v) is 10.2. The second-order valence-corrected chi connectivity index (χ2v) is 7.13. The second kappa shape index (κ2) is 11.4. The van der Waals surface area contributed by atoms with Crippen molar-refractivity contribution in [2.45, 2.75) is 31.9 Å². The Hall–Kier alpha value is -2.67. The Kier molecular flexibility index (Phi) is 8.25. The number of aromatic nitrogens is 1. The molecule has 2 heterocycles. The number of nitrogens with zero attached hydrogens (tertiary/aromatic N) is 3. The average Bonchev–Trinajstić information content (AvgIpc) is 3.21. The van der Waals surface area contributed by atoms with Crippen LogP contribution in [0.15, 0.2) is 53.7 Å². The molecule has 0 saturated carbocycles. The van der Waals surface area contributed by atoms with Crippen LogP contribution in [-0.2, 0) is 11.3 Å². The molecule has 2 N–H and O–H groups in total. The zero-order valence-electron chi connectivity index (χ0n) is 17.0. The molecule has 1 aliphatic rings. The Balaban J connectivity index is 1.29. The van der Waals surface area contributed by atoms with Crippen molar-refractivity contribution in [2.24, 2.45) is 4.99 Å². The highest BCUT2D eigenvalue weighted by Crippen LogP contribution is 2.20. The molecule has 1 fully saturated rings. The molecule has 1 aromatic carbocycles. The van der Waals surface area contributed by atoms with Gasteiger partial charge >= 0.3 is 0 Å². The number of benzene rings is 1. The summed E-state index contributed by atoms with van der Waals surface area (Å²) in [5, 5.41) is 6.77. The first-order valence-electron chi connectivity index (χ1n) is 10.2. The number of anilines is 1. The van der Waals surface area contributed by atoms with Gasteiger partial charge in [-0.15, -0.1) is 0 Å². The maximum absolute atomic E-state index is 13.9. The Labute approximate surface area is 172 Å². The van der Waals surface area contributed by atoms with Crippen LogP contribution in [0.3, 0.4) is 0 Å². The smallest absolute Gasteiger partial charge is 0.191 e. The molecule has 0 bridgehead atoms. The van der Waals surface area contributed by atoms with E-state index in [9.17, 15) is 4.39 Å². The summed E-state index contributed by atoms with van der Waals surface area (Å²) in [6, 6.07) is 13.5. The van der Waals surface area contributed by atoms with Gasteiger partial charge in [-0.2, -0.15) is 0 Å². The van der Waals surface area contributed by atoms with Gasteiger partial charge in [-0.25, -0.2) is 9.37 Å². The number of guanidine groups is 1. The number of nitrogens with one attached hydrogen (secondary N) is 2. The van der Waals surface area contributed by atoms with Crippen molar-refractivity contribution in [3.63, 3.8) is 0 Å². The van der Waals surface area contributed by atoms with Crippen LogP contribution in [-0.4, -0.2) is 50.3 Å². The fourth-order valence-corrected chi connectivity index (χ4v) is 3.37. The summed E-state index contributed by atoms with van der Waals surface area (Å²) in [4.78, 5) is 10.4. The second-order valence-electron chi connectivity index (χ2n) is 7.13. The first kappa shape index (κ1) is 21.0. The van der Waals surface area contributed by atoms with E-state index >= 15 is 0 Å². The predicted octanol–water partition coefficient (Wildman–Crippen LogP) is 2.96. The summed E-state index contributed by atoms with van der Waals surface area (Å²) < 4.78 is 19.6. The van der Waals surface area contributed by atoms with Gasteiger partial charge in [0, 0.05) is 45.5 Å². The molecule has 0 amide bonds. The van der Waals surface area contributed by atoms with Crippen molar-refractivity contribution in [3.8, 4) is 0 Å². The molecule has 1 saturated heterocycles. The number of halogens is 1. The molecule has 6 nitrogen and oxygen atoms in total. The van der Waals surface area contributed by atoms with E-state index in [-0.39, 0.29) is 11.9 Å². The SMILES string of the molecule is CN=C(NCCCCOCc1ccccc1)NC1CCN(c2ncccc2F)C1. The fraction of sp³-hybridized carbons (Fsp3) is 0.455. The molecule has 0 spiro atoms. The molecular formula is C22H30FN5O. The van der Waals surface area contributed by atoms with Crippen LogP contribution in [0, 0.1) is 5.82 Å². The van der Waals surface area contributed by atoms with Gasteiger partial charge in [-0.05, 0) is 37.0 Å². The first-order chi connectivity index (χ1) is 14.3. The molecule has 29 heavy (non-hydrogen) atoms. The number of aliphatic imine (C=N–C) groups is 1. The Morgan fingerprint density at radius 1 is 1.24 bits per heavy atom. The van der Waals surface area contributed by atoms with E-state index in [1.165, 1.54) is 11.6 Å². The zero-order valence-corrected chi connectivity index (χ0v) is 17.0. The summed E-state index contributed by atoms with van der Waals surface area (Å²) in [6.45, 7) is 3.73. The minimum absolute atomic E-state index is 0.219. The van der Waals surface area contributed by atoms with Gasteiger partial charge in [0.1, 0.15) is 0 Å². The lowest BCUT2D eigenvalue weighted by molar-refractivity contribution is 0.117. The van der Waals surface area contributed by atoms with E-state index in [1.54, 1.807) is 19.3 Å². The molecule has 1 atom stereocenters. The monoisotopic (exact) mass is 399 g/mol. The number of hydrogen-bond donors (Lipinski definition) is 2. The number of unbranched alkanes of at least 4 members (excludes halogenated alkanes) is 1. The Bertz CT molecular complexity index is 771. The van der Waals surface area contributed by atoms with Crippen molar-refractivity contribution in [2.75, 3.05) is 38.2 Å². The maximum Gasteiger partial charge on any atom is 0.191 e. The van der Waals surface area contributed by atoms with Crippen LogP contribution in [0.4, 0.5) is 10.2 Å². The summed E-state index contributed by atoms with van der Waals surface area (Å²) in [5.41, 5.74) is 1.20. The van der Waals surface area contributed by atoms with Gasteiger partial charge < -0.3 is 20.3 Å². The number of hydrogen-bond acceptors (Lipinski definition) is 4.